The first-order chi connectivity index (χ1) is 15.0. The summed E-state index contributed by atoms with van der Waals surface area (Å²) in [4.78, 5) is 14.1. The Bertz CT molecular complexity index is 896. The highest BCUT2D eigenvalue weighted by Crippen LogP contribution is 2.37. The van der Waals surface area contributed by atoms with Gasteiger partial charge >= 0.3 is 0 Å². The molecule has 0 spiro atoms. The Labute approximate surface area is 187 Å². The highest BCUT2D eigenvalue weighted by molar-refractivity contribution is 6.32. The number of morpholine rings is 1. The molecule has 0 bridgehead atoms. The van der Waals surface area contributed by atoms with Crippen molar-refractivity contribution >= 4 is 23.7 Å². The molecule has 3 rings (SSSR count). The standard InChI is InChI=1S/C23H28ClN3O4/c1-3-30-21-13-19(14-25-26-22(28)15-27-8-10-29-11-9-27)12-20(24)23(21)31-16-18-6-4-17(2)5-7-18/h4-7,12-14H,3,8-11,15-16H2,1-2H3,(H,26,28). The maximum Gasteiger partial charge on any atom is 0.254 e. The molecule has 1 aliphatic heterocycles. The third-order valence-corrected chi connectivity index (χ3v) is 4.99. The van der Waals surface area contributed by atoms with Gasteiger partial charge in [-0.1, -0.05) is 41.4 Å². The molecule has 1 aliphatic rings. The average Bonchev–Trinajstić information content (AvgIpc) is 2.75. The van der Waals surface area contributed by atoms with Gasteiger partial charge in [0.05, 0.1) is 37.6 Å². The molecule has 0 unspecified atom stereocenters. The molecule has 31 heavy (non-hydrogen) atoms. The monoisotopic (exact) mass is 445 g/mol. The Morgan fingerprint density at radius 2 is 1.97 bits per heavy atom. The quantitative estimate of drug-likeness (QED) is 0.473. The number of hydrazone groups is 1. The predicted molar refractivity (Wildman–Crippen MR) is 121 cm³/mol. The summed E-state index contributed by atoms with van der Waals surface area (Å²) in [6.07, 6.45) is 1.54. The van der Waals surface area contributed by atoms with Gasteiger partial charge in [-0.2, -0.15) is 5.10 Å². The molecule has 2 aromatic carbocycles. The van der Waals surface area contributed by atoms with Gasteiger partial charge < -0.3 is 14.2 Å². The number of rotatable bonds is 9. The predicted octanol–water partition coefficient (Wildman–Crippen LogP) is 3.41. The molecule has 1 fully saturated rings. The summed E-state index contributed by atoms with van der Waals surface area (Å²) < 4.78 is 16.9. The van der Waals surface area contributed by atoms with E-state index in [2.05, 4.69) is 10.5 Å². The molecule has 0 aromatic heterocycles. The van der Waals surface area contributed by atoms with Crippen LogP contribution in [0.3, 0.4) is 0 Å². The summed E-state index contributed by atoms with van der Waals surface area (Å²) in [7, 11) is 0. The van der Waals surface area contributed by atoms with Crippen LogP contribution in [0.15, 0.2) is 41.5 Å². The van der Waals surface area contributed by atoms with E-state index in [1.165, 1.54) is 11.8 Å². The van der Waals surface area contributed by atoms with Crippen molar-refractivity contribution in [1.82, 2.24) is 10.3 Å². The molecule has 1 saturated heterocycles. The molecule has 0 atom stereocenters. The maximum atomic E-state index is 12.1. The Hall–Kier alpha value is -2.61. The average molecular weight is 446 g/mol. The van der Waals surface area contributed by atoms with Gasteiger partial charge in [-0.15, -0.1) is 0 Å². The number of nitrogens with zero attached hydrogens (tertiary/aromatic N) is 2. The van der Waals surface area contributed by atoms with Crippen molar-refractivity contribution in [2.45, 2.75) is 20.5 Å². The van der Waals surface area contributed by atoms with Crippen LogP contribution >= 0.6 is 11.6 Å². The summed E-state index contributed by atoms with van der Waals surface area (Å²) in [5.74, 6) is 0.841. The molecular formula is C23H28ClN3O4. The number of nitrogens with one attached hydrogen (secondary N) is 1. The molecule has 1 N–H and O–H groups in total. The minimum atomic E-state index is -0.174. The van der Waals surface area contributed by atoms with Gasteiger partial charge in [0.15, 0.2) is 11.5 Å². The first-order valence-corrected chi connectivity index (χ1v) is 10.7. The zero-order chi connectivity index (χ0) is 22.1. The van der Waals surface area contributed by atoms with Gasteiger partial charge in [0.1, 0.15) is 6.61 Å². The number of amides is 1. The van der Waals surface area contributed by atoms with Gasteiger partial charge in [-0.05, 0) is 37.1 Å². The minimum absolute atomic E-state index is 0.174. The van der Waals surface area contributed by atoms with E-state index in [4.69, 9.17) is 25.8 Å². The third-order valence-electron chi connectivity index (χ3n) is 4.71. The fourth-order valence-corrected chi connectivity index (χ4v) is 3.36. The van der Waals surface area contributed by atoms with Crippen molar-refractivity contribution < 1.29 is 19.0 Å². The fraction of sp³-hybridized carbons (Fsp3) is 0.391. The van der Waals surface area contributed by atoms with E-state index in [0.717, 1.165) is 18.7 Å². The number of hydrogen-bond acceptors (Lipinski definition) is 6. The molecule has 0 radical (unpaired) electrons. The van der Waals surface area contributed by atoms with E-state index >= 15 is 0 Å². The van der Waals surface area contributed by atoms with Gasteiger partial charge in [0.2, 0.25) is 0 Å². The van der Waals surface area contributed by atoms with Crippen LogP contribution in [-0.4, -0.2) is 56.5 Å². The van der Waals surface area contributed by atoms with Crippen LogP contribution in [0.4, 0.5) is 0 Å². The highest BCUT2D eigenvalue weighted by atomic mass is 35.5. The minimum Gasteiger partial charge on any atom is -0.490 e. The lowest BCUT2D eigenvalue weighted by atomic mass is 10.1. The number of carbonyl (C=O) groups excluding carboxylic acids is 1. The molecule has 8 heteroatoms. The zero-order valence-electron chi connectivity index (χ0n) is 17.9. The van der Waals surface area contributed by atoms with Crippen molar-refractivity contribution in [1.29, 1.82) is 0 Å². The van der Waals surface area contributed by atoms with Gasteiger partial charge in [0.25, 0.3) is 5.91 Å². The van der Waals surface area contributed by atoms with E-state index in [1.807, 2.05) is 43.0 Å². The Morgan fingerprint density at radius 3 is 2.68 bits per heavy atom. The van der Waals surface area contributed by atoms with Crippen LogP contribution < -0.4 is 14.9 Å². The van der Waals surface area contributed by atoms with E-state index in [1.54, 1.807) is 12.1 Å². The van der Waals surface area contributed by atoms with Crippen LogP contribution in [-0.2, 0) is 16.1 Å². The van der Waals surface area contributed by atoms with Crippen molar-refractivity contribution in [2.24, 2.45) is 5.10 Å². The molecular weight excluding hydrogens is 418 g/mol. The van der Waals surface area contributed by atoms with Crippen LogP contribution in [0.25, 0.3) is 0 Å². The SMILES string of the molecule is CCOc1cc(C=NNC(=O)CN2CCOCC2)cc(Cl)c1OCc1ccc(C)cc1. The van der Waals surface area contributed by atoms with Crippen molar-refractivity contribution in [3.05, 3.63) is 58.1 Å². The first kappa shape index (κ1) is 23.1. The molecule has 7 nitrogen and oxygen atoms in total. The smallest absolute Gasteiger partial charge is 0.254 e. The van der Waals surface area contributed by atoms with Crippen LogP contribution in [0.5, 0.6) is 11.5 Å². The summed E-state index contributed by atoms with van der Waals surface area (Å²) in [6.45, 7) is 7.85. The highest BCUT2D eigenvalue weighted by Gasteiger charge is 2.14. The van der Waals surface area contributed by atoms with E-state index < -0.39 is 0 Å². The molecule has 166 valence electrons. The molecule has 0 saturated carbocycles. The number of aryl methyl sites for hydroxylation is 1. The lowest BCUT2D eigenvalue weighted by molar-refractivity contribution is -0.123. The third kappa shape index (κ3) is 7.24. The van der Waals surface area contributed by atoms with E-state index in [0.29, 0.717) is 48.5 Å². The van der Waals surface area contributed by atoms with Gasteiger partial charge in [-0.3, -0.25) is 9.69 Å². The number of halogens is 1. The maximum absolute atomic E-state index is 12.1. The van der Waals surface area contributed by atoms with Crippen LogP contribution in [0.1, 0.15) is 23.6 Å². The number of carbonyl (C=O) groups is 1. The summed E-state index contributed by atoms with van der Waals surface area (Å²) in [5, 5.41) is 4.46. The van der Waals surface area contributed by atoms with Gasteiger partial charge in [0, 0.05) is 13.1 Å². The summed E-state index contributed by atoms with van der Waals surface area (Å²) >= 11 is 6.46. The number of ether oxygens (including phenoxy) is 3. The number of benzene rings is 2. The Kier molecular flexibility index (Phi) is 8.70. The van der Waals surface area contributed by atoms with Crippen molar-refractivity contribution in [3.63, 3.8) is 0 Å². The second-order valence-electron chi connectivity index (χ2n) is 7.22. The van der Waals surface area contributed by atoms with E-state index in [9.17, 15) is 4.79 Å². The summed E-state index contributed by atoms with van der Waals surface area (Å²) in [6, 6.07) is 11.6. The van der Waals surface area contributed by atoms with Crippen molar-refractivity contribution in [2.75, 3.05) is 39.5 Å². The zero-order valence-corrected chi connectivity index (χ0v) is 18.7. The van der Waals surface area contributed by atoms with E-state index in [-0.39, 0.29) is 12.5 Å². The van der Waals surface area contributed by atoms with Crippen molar-refractivity contribution in [3.8, 4) is 11.5 Å². The molecule has 1 amide bonds. The Morgan fingerprint density at radius 1 is 1.23 bits per heavy atom. The van der Waals surface area contributed by atoms with Crippen LogP contribution in [0.2, 0.25) is 5.02 Å². The largest absolute Gasteiger partial charge is 0.490 e. The molecule has 1 heterocycles. The normalized spacial score (nSPS) is 14.5. The first-order valence-electron chi connectivity index (χ1n) is 10.3. The lowest BCUT2D eigenvalue weighted by Gasteiger charge is -2.25. The lowest BCUT2D eigenvalue weighted by Crippen LogP contribution is -2.42. The second kappa shape index (κ2) is 11.7. The topological polar surface area (TPSA) is 72.4 Å². The number of hydrogen-bond donors (Lipinski definition) is 1. The second-order valence-corrected chi connectivity index (χ2v) is 7.63. The summed E-state index contributed by atoms with van der Waals surface area (Å²) in [5.41, 5.74) is 5.48. The molecule has 2 aromatic rings. The molecule has 0 aliphatic carbocycles. The van der Waals surface area contributed by atoms with Gasteiger partial charge in [-0.25, -0.2) is 5.43 Å². The van der Waals surface area contributed by atoms with Crippen LogP contribution in [0, 0.1) is 6.92 Å². The fourth-order valence-electron chi connectivity index (χ4n) is 3.08. The Balaban J connectivity index is 1.62.